The third-order valence-electron chi connectivity index (χ3n) is 3.83. The molecule has 0 radical (unpaired) electrons. The zero-order chi connectivity index (χ0) is 18.9. The number of nitrogens with zero attached hydrogens (tertiary/aromatic N) is 2. The van der Waals surface area contributed by atoms with E-state index in [4.69, 9.17) is 23.8 Å². The Balaban J connectivity index is 1.64. The largest absolute Gasteiger partial charge is 0.417 e. The molecule has 1 saturated carbocycles. The molecule has 26 heavy (non-hydrogen) atoms. The van der Waals surface area contributed by atoms with Gasteiger partial charge in [0, 0.05) is 12.1 Å². The molecular weight excluding hydrogens is 389 g/mol. The summed E-state index contributed by atoms with van der Waals surface area (Å²) < 4.78 is 40.9. The van der Waals surface area contributed by atoms with Gasteiger partial charge in [0.2, 0.25) is 5.91 Å². The average Bonchev–Trinajstić information content (AvgIpc) is 3.34. The number of nitrogens with one attached hydrogen (secondary N) is 2. The van der Waals surface area contributed by atoms with Gasteiger partial charge in [-0.2, -0.15) is 18.3 Å². The number of hydrogen-bond acceptors (Lipinski definition) is 3. The highest BCUT2D eigenvalue weighted by Gasteiger charge is 2.33. The third-order valence-corrected chi connectivity index (χ3v) is 4.45. The Kier molecular flexibility index (Phi) is 5.19. The monoisotopic (exact) mass is 402 g/mol. The Hall–Kier alpha value is -2.13. The molecule has 2 N–H and O–H groups in total. The van der Waals surface area contributed by atoms with Gasteiger partial charge in [0.1, 0.15) is 0 Å². The summed E-state index contributed by atoms with van der Waals surface area (Å²) in [6, 6.07) is 3.76. The fourth-order valence-electron chi connectivity index (χ4n) is 2.43. The van der Waals surface area contributed by atoms with Crippen molar-refractivity contribution in [2.24, 2.45) is 0 Å². The van der Waals surface area contributed by atoms with E-state index in [2.05, 4.69) is 15.5 Å². The van der Waals surface area contributed by atoms with Crippen LogP contribution in [-0.4, -0.2) is 20.7 Å². The number of halogens is 4. The van der Waals surface area contributed by atoms with Crippen molar-refractivity contribution in [1.29, 1.82) is 0 Å². The SMILES string of the molecule is O=C(/C=C/c1ccc(Cl)c(C(F)(F)F)c1)NCc1n[nH]c(=S)n1C1CC1. The van der Waals surface area contributed by atoms with E-state index < -0.39 is 17.6 Å². The lowest BCUT2D eigenvalue weighted by molar-refractivity contribution is -0.137. The van der Waals surface area contributed by atoms with E-state index in [9.17, 15) is 18.0 Å². The van der Waals surface area contributed by atoms with Crippen molar-refractivity contribution in [2.45, 2.75) is 31.6 Å². The van der Waals surface area contributed by atoms with E-state index in [0.717, 1.165) is 31.1 Å². The van der Waals surface area contributed by atoms with Gasteiger partial charge < -0.3 is 5.32 Å². The van der Waals surface area contributed by atoms with Crippen molar-refractivity contribution >= 4 is 35.8 Å². The van der Waals surface area contributed by atoms with Crippen molar-refractivity contribution in [3.63, 3.8) is 0 Å². The molecule has 1 aromatic heterocycles. The number of aromatic amines is 1. The standard InChI is InChI=1S/C16H14ClF3N4OS/c17-12-5-1-9(7-11(12)16(18,19)20)2-6-14(25)21-8-13-22-23-15(26)24(13)10-3-4-10/h1-2,5-7,10H,3-4,8H2,(H,21,25)(H,23,26)/b6-2+. The molecule has 138 valence electrons. The van der Waals surface area contributed by atoms with Crippen LogP contribution in [0.2, 0.25) is 5.02 Å². The highest BCUT2D eigenvalue weighted by Crippen LogP contribution is 2.36. The summed E-state index contributed by atoms with van der Waals surface area (Å²) in [5, 5.41) is 9.03. The lowest BCUT2D eigenvalue weighted by Gasteiger charge is -2.09. The second-order valence-electron chi connectivity index (χ2n) is 5.83. The van der Waals surface area contributed by atoms with Crippen LogP contribution in [0.3, 0.4) is 0 Å². The van der Waals surface area contributed by atoms with Crippen molar-refractivity contribution in [1.82, 2.24) is 20.1 Å². The molecule has 1 aliphatic rings. The summed E-state index contributed by atoms with van der Waals surface area (Å²) in [6.07, 6.45) is -0.0634. The van der Waals surface area contributed by atoms with Crippen LogP contribution < -0.4 is 5.32 Å². The quantitative estimate of drug-likeness (QED) is 0.579. The summed E-state index contributed by atoms with van der Waals surface area (Å²) in [7, 11) is 0. The number of rotatable bonds is 5. The molecule has 1 aromatic carbocycles. The van der Waals surface area contributed by atoms with Gasteiger partial charge in [-0.3, -0.25) is 14.5 Å². The molecule has 2 aromatic rings. The van der Waals surface area contributed by atoms with Crippen molar-refractivity contribution < 1.29 is 18.0 Å². The number of aromatic nitrogens is 3. The van der Waals surface area contributed by atoms with Crippen LogP contribution in [0.25, 0.3) is 6.08 Å². The van der Waals surface area contributed by atoms with Gasteiger partial charge in [0.05, 0.1) is 17.1 Å². The first kappa shape index (κ1) is 18.7. The zero-order valence-corrected chi connectivity index (χ0v) is 14.9. The molecule has 10 heteroatoms. The zero-order valence-electron chi connectivity index (χ0n) is 13.3. The molecule has 3 rings (SSSR count). The van der Waals surface area contributed by atoms with Crippen LogP contribution in [0.15, 0.2) is 24.3 Å². The minimum absolute atomic E-state index is 0.168. The van der Waals surface area contributed by atoms with Crippen LogP contribution in [0, 0.1) is 4.77 Å². The molecule has 0 aliphatic heterocycles. The van der Waals surface area contributed by atoms with Gasteiger partial charge in [-0.1, -0.05) is 17.7 Å². The molecule has 0 unspecified atom stereocenters. The number of hydrogen-bond donors (Lipinski definition) is 2. The first-order chi connectivity index (χ1) is 12.3. The Morgan fingerprint density at radius 1 is 1.46 bits per heavy atom. The Bertz CT molecular complexity index is 915. The molecule has 0 bridgehead atoms. The molecule has 1 aliphatic carbocycles. The maximum Gasteiger partial charge on any atom is 0.417 e. The Labute approximate surface area is 156 Å². The van der Waals surface area contributed by atoms with E-state index in [1.165, 1.54) is 12.1 Å². The summed E-state index contributed by atoms with van der Waals surface area (Å²) in [4.78, 5) is 11.9. The molecule has 1 heterocycles. The van der Waals surface area contributed by atoms with E-state index in [1.54, 1.807) is 0 Å². The first-order valence-electron chi connectivity index (χ1n) is 7.74. The maximum absolute atomic E-state index is 12.8. The summed E-state index contributed by atoms with van der Waals surface area (Å²) in [6.45, 7) is 0.168. The van der Waals surface area contributed by atoms with E-state index in [0.29, 0.717) is 16.6 Å². The fourth-order valence-corrected chi connectivity index (χ4v) is 2.96. The van der Waals surface area contributed by atoms with Gasteiger partial charge in [-0.15, -0.1) is 0 Å². The molecule has 0 spiro atoms. The van der Waals surface area contributed by atoms with Crippen molar-refractivity contribution in [3.8, 4) is 0 Å². The van der Waals surface area contributed by atoms with E-state index >= 15 is 0 Å². The minimum atomic E-state index is -4.55. The topological polar surface area (TPSA) is 62.7 Å². The van der Waals surface area contributed by atoms with Crippen LogP contribution in [0.1, 0.15) is 35.8 Å². The van der Waals surface area contributed by atoms with Crippen LogP contribution in [-0.2, 0) is 17.5 Å². The second-order valence-corrected chi connectivity index (χ2v) is 6.63. The molecule has 1 amide bonds. The molecule has 1 fully saturated rings. The number of carbonyl (C=O) groups is 1. The smallest absolute Gasteiger partial charge is 0.345 e. The summed E-state index contributed by atoms with van der Waals surface area (Å²) in [5.41, 5.74) is -0.723. The molecule has 0 atom stereocenters. The summed E-state index contributed by atoms with van der Waals surface area (Å²) in [5.74, 6) is 0.162. The van der Waals surface area contributed by atoms with Gasteiger partial charge >= 0.3 is 6.18 Å². The average molecular weight is 403 g/mol. The molecular formula is C16H14ClF3N4OS. The van der Waals surface area contributed by atoms with E-state index in [1.807, 2.05) is 4.57 Å². The fraction of sp³-hybridized carbons (Fsp3) is 0.312. The van der Waals surface area contributed by atoms with Gasteiger partial charge in [-0.25, -0.2) is 0 Å². The van der Waals surface area contributed by atoms with Gasteiger partial charge in [-0.05, 0) is 48.8 Å². The van der Waals surface area contributed by atoms with Gasteiger partial charge in [0.25, 0.3) is 0 Å². The molecule has 5 nitrogen and oxygen atoms in total. The summed E-state index contributed by atoms with van der Waals surface area (Å²) >= 11 is 10.7. The Morgan fingerprint density at radius 3 is 2.85 bits per heavy atom. The van der Waals surface area contributed by atoms with Crippen LogP contribution >= 0.6 is 23.8 Å². The van der Waals surface area contributed by atoms with Crippen LogP contribution in [0.5, 0.6) is 0 Å². The predicted octanol–water partition coefficient (Wildman–Crippen LogP) is 4.28. The van der Waals surface area contributed by atoms with Crippen molar-refractivity contribution in [2.75, 3.05) is 0 Å². The van der Waals surface area contributed by atoms with Crippen molar-refractivity contribution in [3.05, 3.63) is 51.0 Å². The normalized spacial score (nSPS) is 14.8. The van der Waals surface area contributed by atoms with Crippen LogP contribution in [0.4, 0.5) is 13.2 Å². The number of carbonyl (C=O) groups excluding carboxylic acids is 1. The highest BCUT2D eigenvalue weighted by atomic mass is 35.5. The lowest BCUT2D eigenvalue weighted by atomic mass is 10.1. The number of benzene rings is 1. The Morgan fingerprint density at radius 2 is 2.19 bits per heavy atom. The van der Waals surface area contributed by atoms with Gasteiger partial charge in [0.15, 0.2) is 10.6 Å². The number of H-pyrrole nitrogens is 1. The third kappa shape index (κ3) is 4.34. The highest BCUT2D eigenvalue weighted by molar-refractivity contribution is 7.71. The minimum Gasteiger partial charge on any atom is -0.345 e. The number of alkyl halides is 3. The predicted molar refractivity (Wildman–Crippen MR) is 93.0 cm³/mol. The van der Waals surface area contributed by atoms with E-state index in [-0.39, 0.29) is 17.1 Å². The maximum atomic E-state index is 12.8. The first-order valence-corrected chi connectivity index (χ1v) is 8.53. The lowest BCUT2D eigenvalue weighted by Crippen LogP contribution is -2.22. The second kappa shape index (κ2) is 7.24. The number of amides is 1. The molecule has 0 saturated heterocycles.